The van der Waals surface area contributed by atoms with Gasteiger partial charge in [0.1, 0.15) is 0 Å². The van der Waals surface area contributed by atoms with Crippen LogP contribution in [0, 0.1) is 0 Å². The third-order valence-electron chi connectivity index (χ3n) is 2.95. The van der Waals surface area contributed by atoms with Crippen LogP contribution in [0.25, 0.3) is 0 Å². The van der Waals surface area contributed by atoms with Gasteiger partial charge in [-0.25, -0.2) is 4.68 Å². The van der Waals surface area contributed by atoms with Crippen LogP contribution in [0.4, 0.5) is 0 Å². The topological polar surface area (TPSA) is 43.6 Å². The summed E-state index contributed by atoms with van der Waals surface area (Å²) in [5.74, 6) is 0.706. The van der Waals surface area contributed by atoms with Gasteiger partial charge in [0.2, 0.25) is 0 Å². The minimum absolute atomic E-state index is 0.637. The number of hydrogen-bond acceptors (Lipinski definition) is 4. The monoisotopic (exact) mass is 350 g/mol. The highest BCUT2D eigenvalue weighted by molar-refractivity contribution is 7.98. The lowest BCUT2D eigenvalue weighted by Gasteiger charge is -2.02. The largest absolute Gasteiger partial charge is 0.265 e. The first-order valence-corrected chi connectivity index (χ1v) is 8.30. The predicted octanol–water partition coefficient (Wildman–Crippen LogP) is 4.32. The molecule has 0 radical (unpaired) electrons. The molecule has 0 aliphatic rings. The number of nitrogens with zero attached hydrogens (tertiary/aromatic N) is 4. The van der Waals surface area contributed by atoms with Crippen molar-refractivity contribution in [3.8, 4) is 0 Å². The van der Waals surface area contributed by atoms with Crippen molar-refractivity contribution in [3.05, 3.63) is 70.2 Å². The van der Waals surface area contributed by atoms with E-state index in [1.165, 1.54) is 0 Å². The van der Waals surface area contributed by atoms with Crippen LogP contribution < -0.4 is 0 Å². The lowest BCUT2D eigenvalue weighted by atomic mass is 10.3. The van der Waals surface area contributed by atoms with Gasteiger partial charge in [0.05, 0.1) is 17.3 Å². The molecule has 0 aliphatic carbocycles. The van der Waals surface area contributed by atoms with Gasteiger partial charge in [0.15, 0.2) is 0 Å². The van der Waals surface area contributed by atoms with Gasteiger partial charge < -0.3 is 0 Å². The highest BCUT2D eigenvalue weighted by atomic mass is 35.5. The number of benzene rings is 1. The maximum atomic E-state index is 6.16. The number of aromatic nitrogens is 4. The smallest absolute Gasteiger partial charge is 0.0929 e. The summed E-state index contributed by atoms with van der Waals surface area (Å²) in [6, 6.07) is 9.41. The second-order valence-electron chi connectivity index (χ2n) is 4.63. The van der Waals surface area contributed by atoms with Crippen molar-refractivity contribution >= 4 is 35.0 Å². The summed E-state index contributed by atoms with van der Waals surface area (Å²) in [5.41, 5.74) is 2.05. The molecule has 0 atom stereocenters. The van der Waals surface area contributed by atoms with Crippen LogP contribution in [-0.4, -0.2) is 20.0 Å². The van der Waals surface area contributed by atoms with Crippen molar-refractivity contribution in [2.45, 2.75) is 17.2 Å². The van der Waals surface area contributed by atoms with Gasteiger partial charge in [-0.3, -0.25) is 4.98 Å². The second kappa shape index (κ2) is 7.13. The fraction of sp³-hybridized carbons (Fsp3) is 0.133. The molecule has 1 aromatic carbocycles. The van der Waals surface area contributed by atoms with E-state index >= 15 is 0 Å². The Balaban J connectivity index is 1.62. The van der Waals surface area contributed by atoms with Gasteiger partial charge in [-0.05, 0) is 35.9 Å². The molecule has 22 heavy (non-hydrogen) atoms. The van der Waals surface area contributed by atoms with Crippen molar-refractivity contribution < 1.29 is 0 Å². The van der Waals surface area contributed by atoms with Crippen molar-refractivity contribution in [1.29, 1.82) is 0 Å². The van der Waals surface area contributed by atoms with E-state index in [9.17, 15) is 0 Å². The number of rotatable bonds is 5. The fourth-order valence-corrected chi connectivity index (χ4v) is 3.27. The lowest BCUT2D eigenvalue weighted by molar-refractivity contribution is 0.649. The molecule has 3 rings (SSSR count). The zero-order valence-corrected chi connectivity index (χ0v) is 13.8. The standard InChI is InChI=1S/C15H12Cl2N4S/c16-12-1-2-15(14(17)7-12)22-10-13-9-21(20-19-13)8-11-3-5-18-6-4-11/h1-7,9H,8,10H2. The molecule has 7 heteroatoms. The Morgan fingerprint density at radius 2 is 1.91 bits per heavy atom. The molecule has 112 valence electrons. The van der Waals surface area contributed by atoms with Crippen molar-refractivity contribution in [1.82, 2.24) is 20.0 Å². The van der Waals surface area contributed by atoms with Gasteiger partial charge in [-0.15, -0.1) is 16.9 Å². The van der Waals surface area contributed by atoms with Gasteiger partial charge in [-0.2, -0.15) is 0 Å². The summed E-state index contributed by atoms with van der Waals surface area (Å²) in [6.45, 7) is 0.682. The summed E-state index contributed by atoms with van der Waals surface area (Å²) >= 11 is 13.7. The van der Waals surface area contributed by atoms with Crippen LogP contribution >= 0.6 is 35.0 Å². The van der Waals surface area contributed by atoms with Crippen molar-refractivity contribution in [2.24, 2.45) is 0 Å². The Morgan fingerprint density at radius 1 is 1.09 bits per heavy atom. The molecule has 0 bridgehead atoms. The molecule has 2 heterocycles. The summed E-state index contributed by atoms with van der Waals surface area (Å²) in [6.07, 6.45) is 5.48. The quantitative estimate of drug-likeness (QED) is 0.642. The van der Waals surface area contributed by atoms with E-state index in [0.29, 0.717) is 22.3 Å². The van der Waals surface area contributed by atoms with Crippen LogP contribution in [0.5, 0.6) is 0 Å². The Morgan fingerprint density at radius 3 is 2.68 bits per heavy atom. The van der Waals surface area contributed by atoms with Crippen LogP contribution in [0.2, 0.25) is 10.0 Å². The average Bonchev–Trinajstić information content (AvgIpc) is 2.95. The Hall–Kier alpha value is -1.56. The summed E-state index contributed by atoms with van der Waals surface area (Å²) in [4.78, 5) is 4.98. The molecule has 0 unspecified atom stereocenters. The molecular formula is C15H12Cl2N4S. The highest BCUT2D eigenvalue weighted by Gasteiger charge is 2.06. The molecular weight excluding hydrogens is 339 g/mol. The van der Waals surface area contributed by atoms with E-state index in [-0.39, 0.29) is 0 Å². The Labute approximate surface area is 142 Å². The van der Waals surface area contributed by atoms with E-state index in [1.807, 2.05) is 35.1 Å². The first-order chi connectivity index (χ1) is 10.7. The highest BCUT2D eigenvalue weighted by Crippen LogP contribution is 2.31. The molecule has 3 aromatic rings. The van der Waals surface area contributed by atoms with Crippen LogP contribution in [0.1, 0.15) is 11.3 Å². The minimum atomic E-state index is 0.637. The molecule has 2 aromatic heterocycles. The zero-order chi connectivity index (χ0) is 15.4. The molecule has 4 nitrogen and oxygen atoms in total. The zero-order valence-electron chi connectivity index (χ0n) is 11.5. The molecule has 0 spiro atoms. The number of hydrogen-bond donors (Lipinski definition) is 0. The van der Waals surface area contributed by atoms with E-state index in [4.69, 9.17) is 23.2 Å². The second-order valence-corrected chi connectivity index (χ2v) is 6.49. The van der Waals surface area contributed by atoms with Gasteiger partial charge in [0.25, 0.3) is 0 Å². The fourth-order valence-electron chi connectivity index (χ4n) is 1.90. The van der Waals surface area contributed by atoms with Crippen LogP contribution in [0.3, 0.4) is 0 Å². The molecule has 0 saturated heterocycles. The predicted molar refractivity (Wildman–Crippen MR) is 89.4 cm³/mol. The van der Waals surface area contributed by atoms with Gasteiger partial charge in [-0.1, -0.05) is 28.4 Å². The van der Waals surface area contributed by atoms with Crippen molar-refractivity contribution in [3.63, 3.8) is 0 Å². The minimum Gasteiger partial charge on any atom is -0.265 e. The van der Waals surface area contributed by atoms with Gasteiger partial charge >= 0.3 is 0 Å². The molecule has 0 saturated carbocycles. The third kappa shape index (κ3) is 4.00. The van der Waals surface area contributed by atoms with Crippen molar-refractivity contribution in [2.75, 3.05) is 0 Å². The molecule has 0 N–H and O–H groups in total. The summed E-state index contributed by atoms with van der Waals surface area (Å²) < 4.78 is 1.81. The molecule has 0 fully saturated rings. The Bertz CT molecular complexity index is 761. The lowest BCUT2D eigenvalue weighted by Crippen LogP contribution is -2.00. The van der Waals surface area contributed by atoms with Gasteiger partial charge in [0, 0.05) is 34.3 Å². The molecule has 0 amide bonds. The first-order valence-electron chi connectivity index (χ1n) is 6.56. The SMILES string of the molecule is Clc1ccc(SCc2cn(Cc3ccncc3)nn2)c(Cl)c1. The Kier molecular flexibility index (Phi) is 4.97. The number of thioether (sulfide) groups is 1. The van der Waals surface area contributed by atoms with E-state index in [0.717, 1.165) is 16.2 Å². The summed E-state index contributed by atoms with van der Waals surface area (Å²) in [5, 5.41) is 9.61. The maximum Gasteiger partial charge on any atom is 0.0929 e. The summed E-state index contributed by atoms with van der Waals surface area (Å²) in [7, 11) is 0. The maximum absolute atomic E-state index is 6.16. The van der Waals surface area contributed by atoms with Crippen LogP contribution in [0.15, 0.2) is 53.8 Å². The average molecular weight is 351 g/mol. The third-order valence-corrected chi connectivity index (χ3v) is 4.72. The van der Waals surface area contributed by atoms with E-state index in [2.05, 4.69) is 15.3 Å². The van der Waals surface area contributed by atoms with E-state index in [1.54, 1.807) is 30.2 Å². The number of pyridine rings is 1. The van der Waals surface area contributed by atoms with Crippen LogP contribution in [-0.2, 0) is 12.3 Å². The molecule has 0 aliphatic heterocycles. The van der Waals surface area contributed by atoms with E-state index < -0.39 is 0 Å². The first kappa shape index (κ1) is 15.3. The number of halogens is 2. The normalized spacial score (nSPS) is 10.8.